The van der Waals surface area contributed by atoms with Gasteiger partial charge in [-0.2, -0.15) is 0 Å². The molecule has 1 saturated carbocycles. The molecule has 0 spiro atoms. The normalized spacial score (nSPS) is 25.4. The molecule has 4 nitrogen and oxygen atoms in total. The number of nitrogens with two attached hydrogens (primary N) is 1. The van der Waals surface area contributed by atoms with Gasteiger partial charge in [-0.25, -0.2) is 0 Å². The molecule has 1 rings (SSSR count). The Balaban J connectivity index is 2.60. The van der Waals surface area contributed by atoms with E-state index in [2.05, 4.69) is 5.32 Å². The number of amides is 1. The minimum atomic E-state index is -0.802. The van der Waals surface area contributed by atoms with Gasteiger partial charge in [0.15, 0.2) is 0 Å². The molecular weight excluding hydrogens is 224 g/mol. The number of carbonyl (C=O) groups excluding carboxylic acids is 1. The van der Waals surface area contributed by atoms with Crippen LogP contribution in [0.5, 0.6) is 0 Å². The van der Waals surface area contributed by atoms with Crippen molar-refractivity contribution in [2.24, 2.45) is 11.7 Å². The summed E-state index contributed by atoms with van der Waals surface area (Å²) in [4.78, 5) is 12.4. The van der Waals surface area contributed by atoms with Crippen molar-refractivity contribution in [3.05, 3.63) is 0 Å². The second kappa shape index (κ2) is 5.10. The van der Waals surface area contributed by atoms with Crippen LogP contribution in [0.3, 0.4) is 0 Å². The third-order valence-corrected chi connectivity index (χ3v) is 3.56. The highest BCUT2D eigenvalue weighted by Gasteiger charge is 2.35. The molecule has 0 aromatic rings. The molecule has 0 aromatic carbocycles. The summed E-state index contributed by atoms with van der Waals surface area (Å²) >= 11 is 5.00. The average Bonchev–Trinajstić information content (AvgIpc) is 2.65. The van der Waals surface area contributed by atoms with Gasteiger partial charge in [0.2, 0.25) is 0 Å². The van der Waals surface area contributed by atoms with E-state index in [4.69, 9.17) is 22.7 Å². The van der Waals surface area contributed by atoms with Crippen LogP contribution in [-0.4, -0.2) is 29.6 Å². The largest absolute Gasteiger partial charge is 0.393 e. The fourth-order valence-corrected chi connectivity index (χ4v) is 2.19. The highest BCUT2D eigenvalue weighted by atomic mass is 32.1. The maximum absolute atomic E-state index is 11.9. The van der Waals surface area contributed by atoms with Crippen LogP contribution in [0.1, 0.15) is 33.1 Å². The third kappa shape index (κ3) is 2.92. The van der Waals surface area contributed by atoms with E-state index in [1.165, 1.54) is 7.11 Å². The Morgan fingerprint density at radius 1 is 1.50 bits per heavy atom. The van der Waals surface area contributed by atoms with E-state index in [9.17, 15) is 4.79 Å². The van der Waals surface area contributed by atoms with E-state index in [1.807, 2.05) is 0 Å². The van der Waals surface area contributed by atoms with Crippen LogP contribution in [0.4, 0.5) is 0 Å². The summed E-state index contributed by atoms with van der Waals surface area (Å²) in [6, 6.07) is 0.0689. The Labute approximate surface area is 102 Å². The molecule has 3 N–H and O–H groups in total. The Bertz CT molecular complexity index is 292. The molecular formula is C11H20N2O2S. The van der Waals surface area contributed by atoms with E-state index < -0.39 is 5.60 Å². The summed E-state index contributed by atoms with van der Waals surface area (Å²) in [6.07, 6.45) is 2.96. The molecule has 0 aliphatic heterocycles. The van der Waals surface area contributed by atoms with E-state index >= 15 is 0 Å². The number of ether oxygens (including phenoxy) is 1. The summed E-state index contributed by atoms with van der Waals surface area (Å²) in [7, 11) is 1.53. The monoisotopic (exact) mass is 244 g/mol. The van der Waals surface area contributed by atoms with Gasteiger partial charge in [-0.05, 0) is 26.7 Å². The summed E-state index contributed by atoms with van der Waals surface area (Å²) in [5, 5.41) is 2.97. The van der Waals surface area contributed by atoms with Crippen molar-refractivity contribution in [2.45, 2.75) is 44.8 Å². The first-order valence-electron chi connectivity index (χ1n) is 5.54. The Morgan fingerprint density at radius 2 is 2.12 bits per heavy atom. The SMILES string of the molecule is COC(C)(C)C(=O)NC1CCCC1C(N)=S. The maximum atomic E-state index is 11.9. The first-order valence-corrected chi connectivity index (χ1v) is 5.94. The van der Waals surface area contributed by atoms with E-state index in [-0.39, 0.29) is 17.9 Å². The van der Waals surface area contributed by atoms with Gasteiger partial charge >= 0.3 is 0 Å². The third-order valence-electron chi connectivity index (χ3n) is 3.26. The molecule has 2 unspecified atom stereocenters. The second-order valence-electron chi connectivity index (χ2n) is 4.73. The summed E-state index contributed by atoms with van der Waals surface area (Å²) in [6.45, 7) is 3.49. The lowest BCUT2D eigenvalue weighted by atomic mass is 10.0. The van der Waals surface area contributed by atoms with Crippen LogP contribution in [0.2, 0.25) is 0 Å². The summed E-state index contributed by atoms with van der Waals surface area (Å²) < 4.78 is 5.13. The molecule has 0 aromatic heterocycles. The van der Waals surface area contributed by atoms with Crippen molar-refractivity contribution in [3.63, 3.8) is 0 Å². The average molecular weight is 244 g/mol. The topological polar surface area (TPSA) is 64.3 Å². The molecule has 92 valence electrons. The maximum Gasteiger partial charge on any atom is 0.251 e. The Morgan fingerprint density at radius 3 is 2.62 bits per heavy atom. The molecule has 1 aliphatic carbocycles. The zero-order valence-corrected chi connectivity index (χ0v) is 10.9. The number of rotatable bonds is 4. The van der Waals surface area contributed by atoms with Gasteiger partial charge in [0, 0.05) is 19.1 Å². The van der Waals surface area contributed by atoms with Crippen molar-refractivity contribution in [3.8, 4) is 0 Å². The second-order valence-corrected chi connectivity index (χ2v) is 5.21. The zero-order chi connectivity index (χ0) is 12.3. The van der Waals surface area contributed by atoms with Crippen molar-refractivity contribution >= 4 is 23.1 Å². The molecule has 0 saturated heterocycles. The number of thiocarbonyl (C=S) groups is 1. The predicted molar refractivity (Wildman–Crippen MR) is 67.1 cm³/mol. The van der Waals surface area contributed by atoms with Crippen LogP contribution in [0.25, 0.3) is 0 Å². The van der Waals surface area contributed by atoms with Crippen LogP contribution < -0.4 is 11.1 Å². The predicted octanol–water partition coefficient (Wildman–Crippen LogP) is 0.982. The van der Waals surface area contributed by atoms with Crippen molar-refractivity contribution in [1.29, 1.82) is 0 Å². The van der Waals surface area contributed by atoms with E-state index in [0.29, 0.717) is 4.99 Å². The number of carbonyl (C=O) groups is 1. The molecule has 1 aliphatic rings. The fourth-order valence-electron chi connectivity index (χ4n) is 1.91. The van der Waals surface area contributed by atoms with Crippen molar-refractivity contribution in [2.75, 3.05) is 7.11 Å². The Kier molecular flexibility index (Phi) is 4.27. The lowest BCUT2D eigenvalue weighted by Crippen LogP contribution is -2.50. The minimum absolute atomic E-state index is 0.0689. The fraction of sp³-hybridized carbons (Fsp3) is 0.818. The number of methoxy groups -OCH3 is 1. The lowest BCUT2D eigenvalue weighted by molar-refractivity contribution is -0.140. The van der Waals surface area contributed by atoms with Crippen molar-refractivity contribution in [1.82, 2.24) is 5.32 Å². The standard InChI is InChI=1S/C11H20N2O2S/c1-11(2,15-3)10(14)13-8-6-4-5-7(8)9(12)16/h7-8H,4-6H2,1-3H3,(H2,12,16)(H,13,14). The molecule has 0 bridgehead atoms. The smallest absolute Gasteiger partial charge is 0.251 e. The first kappa shape index (κ1) is 13.4. The number of nitrogens with one attached hydrogen (secondary N) is 1. The first-order chi connectivity index (χ1) is 7.38. The molecule has 16 heavy (non-hydrogen) atoms. The highest BCUT2D eigenvalue weighted by Crippen LogP contribution is 2.26. The van der Waals surface area contributed by atoms with Gasteiger partial charge in [0.05, 0.1) is 4.99 Å². The van der Waals surface area contributed by atoms with Gasteiger partial charge in [0.1, 0.15) is 5.60 Å². The summed E-state index contributed by atoms with van der Waals surface area (Å²) in [5.41, 5.74) is 4.85. The molecule has 5 heteroatoms. The van der Waals surface area contributed by atoms with Gasteiger partial charge in [-0.3, -0.25) is 4.79 Å². The molecule has 1 fully saturated rings. The van der Waals surface area contributed by atoms with Gasteiger partial charge < -0.3 is 15.8 Å². The molecule has 0 heterocycles. The van der Waals surface area contributed by atoms with Crippen LogP contribution in [0, 0.1) is 5.92 Å². The Hall–Kier alpha value is -0.680. The van der Waals surface area contributed by atoms with Crippen LogP contribution in [-0.2, 0) is 9.53 Å². The van der Waals surface area contributed by atoms with E-state index in [1.54, 1.807) is 13.8 Å². The lowest BCUT2D eigenvalue weighted by Gasteiger charge is -2.26. The van der Waals surface area contributed by atoms with E-state index in [0.717, 1.165) is 19.3 Å². The van der Waals surface area contributed by atoms with Gasteiger partial charge in [-0.15, -0.1) is 0 Å². The highest BCUT2D eigenvalue weighted by molar-refractivity contribution is 7.80. The molecule has 2 atom stereocenters. The molecule has 0 radical (unpaired) electrons. The zero-order valence-electron chi connectivity index (χ0n) is 10.1. The molecule has 1 amide bonds. The van der Waals surface area contributed by atoms with Gasteiger partial charge in [0.25, 0.3) is 5.91 Å². The summed E-state index contributed by atoms with van der Waals surface area (Å²) in [5.74, 6) is 0.0229. The number of hydrogen-bond donors (Lipinski definition) is 2. The minimum Gasteiger partial charge on any atom is -0.393 e. The van der Waals surface area contributed by atoms with Crippen LogP contribution >= 0.6 is 12.2 Å². The number of hydrogen-bond acceptors (Lipinski definition) is 3. The van der Waals surface area contributed by atoms with Gasteiger partial charge in [-0.1, -0.05) is 18.6 Å². The quantitative estimate of drug-likeness (QED) is 0.724. The van der Waals surface area contributed by atoms with Crippen LogP contribution in [0.15, 0.2) is 0 Å². The van der Waals surface area contributed by atoms with Crippen molar-refractivity contribution < 1.29 is 9.53 Å².